The van der Waals surface area contributed by atoms with Crippen LogP contribution in [0.4, 0.5) is 13.2 Å². The predicted molar refractivity (Wildman–Crippen MR) is 240 cm³/mol. The number of phenols is 1. The van der Waals surface area contributed by atoms with Crippen LogP contribution in [0, 0.1) is 5.92 Å². The topological polar surface area (TPSA) is 249 Å². The number of alkyl halides is 3. The van der Waals surface area contributed by atoms with Crippen LogP contribution in [0.1, 0.15) is 54.2 Å². The van der Waals surface area contributed by atoms with Gasteiger partial charge >= 0.3 is 30.1 Å². The summed E-state index contributed by atoms with van der Waals surface area (Å²) < 4.78 is 41.0. The lowest BCUT2D eigenvalue weighted by molar-refractivity contribution is -0.192. The third kappa shape index (κ3) is 10.4. The number of carbonyl (C=O) groups excluding carboxylic acids is 1. The standard InChI is InChI=1S/C45H59N7O10.C2HF3O2/c53-34-9-8-30-22-35-45(61)23-32-31-4-1-2-5-33(31)52(41(32)43-44(45,40(30)42(34)62-43)10-13-51(35)24-29-6-7-29)12-3-11-46-36(54)25-47-14-16-48(26-37(55)56)18-20-50(28-39(59)60)21-19-49(17-15-47)27-38(57)58;3-2(4,5)1(6)7/h1-2,4-5,8-9,29,35,43,53,61H,3,6-7,10-28H2,(H,46,54)(H,55,56)(H,57,58)(H,59,60);(H,6,7)/t35-,43-,44-,45+;/m0./s1. The van der Waals surface area contributed by atoms with Crippen molar-refractivity contribution in [1.82, 2.24) is 34.4 Å². The van der Waals surface area contributed by atoms with Gasteiger partial charge < -0.3 is 45.3 Å². The molecule has 376 valence electrons. The number of phenolic OH excluding ortho intramolecular Hbond substituents is 1. The van der Waals surface area contributed by atoms with Crippen LogP contribution in [-0.4, -0.2) is 205 Å². The van der Waals surface area contributed by atoms with E-state index in [0.29, 0.717) is 96.4 Å². The first-order valence-corrected chi connectivity index (χ1v) is 23.5. The first-order valence-electron chi connectivity index (χ1n) is 23.5. The highest BCUT2D eigenvalue weighted by atomic mass is 19.4. The van der Waals surface area contributed by atoms with E-state index in [4.69, 9.17) is 14.6 Å². The van der Waals surface area contributed by atoms with Gasteiger partial charge in [-0.2, -0.15) is 13.2 Å². The smallest absolute Gasteiger partial charge is 0.490 e. The highest BCUT2D eigenvalue weighted by Gasteiger charge is 2.73. The summed E-state index contributed by atoms with van der Waals surface area (Å²) in [5.41, 5.74) is 3.47. The van der Waals surface area contributed by atoms with Gasteiger partial charge in [-0.25, -0.2) is 4.79 Å². The maximum Gasteiger partial charge on any atom is 0.490 e. The van der Waals surface area contributed by atoms with Crippen LogP contribution < -0.4 is 10.1 Å². The van der Waals surface area contributed by atoms with E-state index in [2.05, 4.69) is 26.9 Å². The summed E-state index contributed by atoms with van der Waals surface area (Å²) in [4.78, 5) is 67.1. The maximum atomic E-state index is 13.6. The highest BCUT2D eigenvalue weighted by Crippen LogP contribution is 2.69. The molecular weight excluding hydrogens is 912 g/mol. The first-order chi connectivity index (χ1) is 32.8. The highest BCUT2D eigenvalue weighted by molar-refractivity contribution is 5.87. The number of amides is 1. The number of carboxylic acid groups (broad SMARTS) is 4. The molecule has 1 aromatic heterocycles. The minimum atomic E-state index is -5.08. The number of halogens is 3. The van der Waals surface area contributed by atoms with Crippen molar-refractivity contribution in [3.05, 3.63) is 58.8 Å². The molecule has 4 heterocycles. The van der Waals surface area contributed by atoms with Crippen molar-refractivity contribution in [2.45, 2.75) is 74.4 Å². The number of nitrogens with zero attached hydrogens (tertiary/aromatic N) is 6. The number of aliphatic carboxylic acids is 4. The minimum Gasteiger partial charge on any atom is -0.504 e. The summed E-state index contributed by atoms with van der Waals surface area (Å²) >= 11 is 0. The second-order valence-electron chi connectivity index (χ2n) is 19.3. The van der Waals surface area contributed by atoms with Crippen molar-refractivity contribution in [2.24, 2.45) is 5.92 Å². The Morgan fingerprint density at radius 1 is 0.768 bits per heavy atom. The molecule has 22 heteroatoms. The predicted octanol–water partition coefficient (Wildman–Crippen LogP) is 1.66. The summed E-state index contributed by atoms with van der Waals surface area (Å²) in [5, 5.41) is 64.5. The number of aryl methyl sites for hydroxylation is 1. The van der Waals surface area contributed by atoms with Gasteiger partial charge in [0.15, 0.2) is 17.6 Å². The Morgan fingerprint density at radius 2 is 1.32 bits per heavy atom. The number of aromatic hydroxyl groups is 1. The Kier molecular flexibility index (Phi) is 14.5. The Balaban J connectivity index is 0.000000853. The maximum absolute atomic E-state index is 13.6. The molecule has 0 radical (unpaired) electrons. The molecule has 3 fully saturated rings. The number of fused-ring (bicyclic) bond motifs is 4. The third-order valence-electron chi connectivity index (χ3n) is 14.8. The van der Waals surface area contributed by atoms with Gasteiger partial charge in [0.05, 0.1) is 42.9 Å². The molecule has 0 unspecified atom stereocenters. The van der Waals surface area contributed by atoms with Gasteiger partial charge in [0.1, 0.15) is 0 Å². The fourth-order valence-electron chi connectivity index (χ4n) is 11.6. The van der Waals surface area contributed by atoms with Gasteiger partial charge in [-0.15, -0.1) is 0 Å². The Labute approximate surface area is 395 Å². The van der Waals surface area contributed by atoms with E-state index in [1.807, 2.05) is 23.1 Å². The number of piperidine rings is 1. The van der Waals surface area contributed by atoms with Gasteiger partial charge in [-0.3, -0.25) is 43.7 Å². The Hall–Kier alpha value is -5.52. The van der Waals surface area contributed by atoms with Gasteiger partial charge in [0.25, 0.3) is 0 Å². The number of likely N-dealkylation sites (tertiary alicyclic amines) is 1. The quantitative estimate of drug-likeness (QED) is 0.114. The van der Waals surface area contributed by atoms with Crippen molar-refractivity contribution in [3.63, 3.8) is 0 Å². The number of carbonyl (C=O) groups is 5. The normalized spacial score (nSPS) is 25.5. The average Bonchev–Trinajstić information content (AvgIpc) is 3.95. The molecule has 3 aliphatic heterocycles. The molecule has 3 aliphatic carbocycles. The van der Waals surface area contributed by atoms with E-state index >= 15 is 0 Å². The number of ether oxygens (including phenoxy) is 1. The molecule has 9 rings (SSSR count). The van der Waals surface area contributed by atoms with Crippen LogP contribution in [0.2, 0.25) is 0 Å². The number of aromatic nitrogens is 1. The lowest BCUT2D eigenvalue weighted by atomic mass is 9.49. The first kappa shape index (κ1) is 49.9. The number of benzene rings is 2. The summed E-state index contributed by atoms with van der Waals surface area (Å²) in [7, 11) is 0. The van der Waals surface area contributed by atoms with E-state index < -0.39 is 47.2 Å². The van der Waals surface area contributed by atoms with Crippen molar-refractivity contribution >= 4 is 40.7 Å². The van der Waals surface area contributed by atoms with Gasteiger partial charge in [-0.1, -0.05) is 24.3 Å². The monoisotopic (exact) mass is 971 g/mol. The van der Waals surface area contributed by atoms with E-state index in [0.717, 1.165) is 52.8 Å². The molecule has 1 spiro atoms. The second-order valence-corrected chi connectivity index (χ2v) is 19.3. The fraction of sp³-hybridized carbons (Fsp3) is 0.596. The third-order valence-corrected chi connectivity index (χ3v) is 14.8. The molecule has 2 bridgehead atoms. The minimum absolute atomic E-state index is 0.0366. The van der Waals surface area contributed by atoms with Crippen LogP contribution >= 0.6 is 0 Å². The van der Waals surface area contributed by atoms with E-state index in [1.165, 1.54) is 12.8 Å². The number of aliphatic hydroxyl groups is 1. The zero-order chi connectivity index (χ0) is 49.4. The zero-order valence-electron chi connectivity index (χ0n) is 38.2. The SMILES string of the molecule is O=C(O)C(F)(F)F.O=C(O)CN1CCN(CC(=O)O)CCN(CC(=O)NCCCn2c3c(c4ccccc42)C[C@@]2(O)[C@@H]4Cc5ccc(O)c6c5[C@@]2(CCN4CC2CC2)[C@H]3O6)CCN(CC(=O)O)CC1. The molecule has 2 aromatic carbocycles. The van der Waals surface area contributed by atoms with E-state index in [-0.39, 0.29) is 43.9 Å². The van der Waals surface area contributed by atoms with Crippen LogP contribution in [-0.2, 0) is 48.8 Å². The van der Waals surface area contributed by atoms with Crippen molar-refractivity contribution in [3.8, 4) is 11.5 Å². The van der Waals surface area contributed by atoms with Gasteiger partial charge in [-0.05, 0) is 67.8 Å². The number of rotatable bonds is 14. The summed E-state index contributed by atoms with van der Waals surface area (Å²) in [5.74, 6) is -4.70. The molecule has 1 saturated carbocycles. The van der Waals surface area contributed by atoms with Crippen LogP contribution in [0.5, 0.6) is 11.5 Å². The number of para-hydroxylation sites is 1. The van der Waals surface area contributed by atoms with Crippen LogP contribution in [0.15, 0.2) is 36.4 Å². The molecule has 7 N–H and O–H groups in total. The second kappa shape index (κ2) is 20.1. The molecule has 69 heavy (non-hydrogen) atoms. The fourth-order valence-corrected chi connectivity index (χ4v) is 11.6. The lowest BCUT2D eigenvalue weighted by Crippen LogP contribution is -2.74. The summed E-state index contributed by atoms with van der Waals surface area (Å²) in [6.45, 7) is 4.71. The number of nitrogens with one attached hydrogen (secondary N) is 1. The van der Waals surface area contributed by atoms with E-state index in [1.54, 1.807) is 20.8 Å². The van der Waals surface area contributed by atoms with Gasteiger partial charge in [0.2, 0.25) is 5.91 Å². The van der Waals surface area contributed by atoms with Crippen molar-refractivity contribution < 1.29 is 72.5 Å². The largest absolute Gasteiger partial charge is 0.504 e. The molecule has 6 aliphatic rings. The molecule has 2 saturated heterocycles. The average molecular weight is 972 g/mol. The molecule has 19 nitrogen and oxygen atoms in total. The van der Waals surface area contributed by atoms with Crippen molar-refractivity contribution in [1.29, 1.82) is 0 Å². The van der Waals surface area contributed by atoms with Crippen molar-refractivity contribution in [2.75, 3.05) is 98.2 Å². The van der Waals surface area contributed by atoms with E-state index in [9.17, 15) is 57.9 Å². The zero-order valence-corrected chi connectivity index (χ0v) is 38.2. The molecule has 3 aromatic rings. The molecule has 4 atom stereocenters. The molecule has 1 amide bonds. The Bertz CT molecular complexity index is 2420. The van der Waals surface area contributed by atoms with Gasteiger partial charge in [0, 0.05) is 101 Å². The number of hydrogen-bond acceptors (Lipinski definition) is 13. The summed E-state index contributed by atoms with van der Waals surface area (Å²) in [6.07, 6.45) is -0.584. The number of hydrogen-bond donors (Lipinski definition) is 7. The lowest BCUT2D eigenvalue weighted by Gasteiger charge is -2.63. The Morgan fingerprint density at radius 3 is 1.86 bits per heavy atom. The van der Waals surface area contributed by atoms with Crippen LogP contribution in [0.3, 0.4) is 0 Å². The van der Waals surface area contributed by atoms with Crippen LogP contribution in [0.25, 0.3) is 10.9 Å². The molecular formula is C47H60F3N7O12. The summed E-state index contributed by atoms with van der Waals surface area (Å²) in [6, 6.07) is 12.0. The number of carboxylic acids is 4.